The second-order valence-corrected chi connectivity index (χ2v) is 8.47. The fraction of sp³-hybridized carbons (Fsp3) is 0.158. The molecule has 0 fully saturated rings. The largest absolute Gasteiger partial charge is 0.319 e. The second kappa shape index (κ2) is 7.84. The van der Waals surface area contributed by atoms with Crippen molar-refractivity contribution in [2.24, 2.45) is 7.05 Å². The maximum atomic E-state index is 13.1. The molecule has 29 heavy (non-hydrogen) atoms. The number of hydrogen-bond donors (Lipinski definition) is 2. The van der Waals surface area contributed by atoms with Gasteiger partial charge in [-0.05, 0) is 56.3 Å². The van der Waals surface area contributed by atoms with Gasteiger partial charge < -0.3 is 5.32 Å². The lowest BCUT2D eigenvalue weighted by atomic mass is 10.2. The molecule has 10 heteroatoms. The number of carbonyl (C=O) groups is 1. The smallest absolute Gasteiger partial charge is 0.261 e. The quantitative estimate of drug-likeness (QED) is 0.634. The van der Waals surface area contributed by atoms with Gasteiger partial charge in [-0.3, -0.25) is 14.2 Å². The number of benzene rings is 2. The Morgan fingerprint density at radius 3 is 2.38 bits per heavy atom. The average Bonchev–Trinajstić information content (AvgIpc) is 2.89. The maximum absolute atomic E-state index is 13.1. The number of hydrogen-bond acceptors (Lipinski definition) is 4. The van der Waals surface area contributed by atoms with Crippen LogP contribution in [-0.4, -0.2) is 24.1 Å². The number of sulfonamides is 1. The zero-order chi connectivity index (χ0) is 21.3. The molecule has 0 bridgehead atoms. The van der Waals surface area contributed by atoms with Crippen molar-refractivity contribution in [3.05, 3.63) is 70.3 Å². The van der Waals surface area contributed by atoms with Crippen molar-refractivity contribution in [3.8, 4) is 0 Å². The summed E-state index contributed by atoms with van der Waals surface area (Å²) in [5.74, 6) is -0.996. The van der Waals surface area contributed by atoms with Crippen LogP contribution in [0.3, 0.4) is 0 Å². The summed E-state index contributed by atoms with van der Waals surface area (Å²) in [6.45, 7) is 3.59. The lowest BCUT2D eigenvalue weighted by molar-refractivity contribution is 0.102. The number of carbonyl (C=O) groups excluding carboxylic acids is 1. The van der Waals surface area contributed by atoms with Crippen LogP contribution in [0.1, 0.15) is 21.7 Å². The number of nitrogens with one attached hydrogen (secondary N) is 2. The third-order valence-corrected chi connectivity index (χ3v) is 6.06. The van der Waals surface area contributed by atoms with Crippen molar-refractivity contribution in [2.45, 2.75) is 18.7 Å². The molecule has 0 unspecified atom stereocenters. The molecule has 0 spiro atoms. The first-order chi connectivity index (χ1) is 13.6. The standard InChI is InChI=1S/C19H18ClFN4O3S/c1-11-18(12(2)25(3)23-11)22-19(26)13-4-9-16(20)17(10-13)24-29(27,28)15-7-5-14(21)6-8-15/h4-10,24H,1-3H3,(H,22,26). The minimum atomic E-state index is -4.01. The summed E-state index contributed by atoms with van der Waals surface area (Å²) in [5.41, 5.74) is 2.25. The summed E-state index contributed by atoms with van der Waals surface area (Å²) in [6, 6.07) is 8.58. The highest BCUT2D eigenvalue weighted by atomic mass is 35.5. The van der Waals surface area contributed by atoms with Crippen LogP contribution in [0.15, 0.2) is 47.4 Å². The summed E-state index contributed by atoms with van der Waals surface area (Å²) in [6.07, 6.45) is 0. The lowest BCUT2D eigenvalue weighted by Crippen LogP contribution is -2.16. The van der Waals surface area contributed by atoms with Gasteiger partial charge in [0.25, 0.3) is 15.9 Å². The van der Waals surface area contributed by atoms with Crippen molar-refractivity contribution < 1.29 is 17.6 Å². The van der Waals surface area contributed by atoms with Crippen LogP contribution in [-0.2, 0) is 17.1 Å². The monoisotopic (exact) mass is 436 g/mol. The molecule has 3 aromatic rings. The highest BCUT2D eigenvalue weighted by molar-refractivity contribution is 7.92. The highest BCUT2D eigenvalue weighted by Gasteiger charge is 2.19. The Kier molecular flexibility index (Phi) is 5.63. The summed E-state index contributed by atoms with van der Waals surface area (Å²) < 4.78 is 42.1. The van der Waals surface area contributed by atoms with E-state index in [1.54, 1.807) is 18.7 Å². The zero-order valence-corrected chi connectivity index (χ0v) is 17.4. The molecule has 0 aliphatic heterocycles. The van der Waals surface area contributed by atoms with E-state index in [1.165, 1.54) is 18.2 Å². The fourth-order valence-corrected chi connectivity index (χ4v) is 3.99. The first-order valence-electron chi connectivity index (χ1n) is 8.48. The summed E-state index contributed by atoms with van der Waals surface area (Å²) >= 11 is 6.10. The molecule has 3 rings (SSSR count). The van der Waals surface area contributed by atoms with E-state index in [0.717, 1.165) is 30.0 Å². The van der Waals surface area contributed by atoms with Gasteiger partial charge in [0.05, 0.1) is 32.7 Å². The van der Waals surface area contributed by atoms with Crippen LogP contribution in [0.4, 0.5) is 15.8 Å². The minimum Gasteiger partial charge on any atom is -0.319 e. The van der Waals surface area contributed by atoms with Gasteiger partial charge in [0.2, 0.25) is 0 Å². The third kappa shape index (κ3) is 4.41. The molecule has 0 aliphatic rings. The van der Waals surface area contributed by atoms with Crippen molar-refractivity contribution in [3.63, 3.8) is 0 Å². The molecule has 1 heterocycles. The molecule has 0 saturated carbocycles. The predicted octanol–water partition coefficient (Wildman–Crippen LogP) is 3.88. The number of rotatable bonds is 5. The van der Waals surface area contributed by atoms with Crippen LogP contribution in [0.5, 0.6) is 0 Å². The molecule has 0 atom stereocenters. The van der Waals surface area contributed by atoms with Gasteiger partial charge in [-0.15, -0.1) is 0 Å². The number of anilines is 2. The molecule has 0 aliphatic carbocycles. The van der Waals surface area contributed by atoms with Gasteiger partial charge in [-0.1, -0.05) is 11.6 Å². The van der Waals surface area contributed by atoms with E-state index in [1.807, 2.05) is 6.92 Å². The highest BCUT2D eigenvalue weighted by Crippen LogP contribution is 2.27. The number of amides is 1. The Hall–Kier alpha value is -2.91. The predicted molar refractivity (Wildman–Crippen MR) is 109 cm³/mol. The molecule has 0 saturated heterocycles. The van der Waals surface area contributed by atoms with Crippen molar-refractivity contribution in [2.75, 3.05) is 10.0 Å². The topological polar surface area (TPSA) is 93.1 Å². The van der Waals surface area contributed by atoms with Crippen molar-refractivity contribution in [1.29, 1.82) is 0 Å². The molecule has 1 aromatic heterocycles. The van der Waals surface area contributed by atoms with Crippen LogP contribution < -0.4 is 10.0 Å². The summed E-state index contributed by atoms with van der Waals surface area (Å²) in [4.78, 5) is 12.5. The maximum Gasteiger partial charge on any atom is 0.261 e. The van der Waals surface area contributed by atoms with E-state index in [-0.39, 0.29) is 21.2 Å². The van der Waals surface area contributed by atoms with Gasteiger partial charge in [0, 0.05) is 12.6 Å². The Morgan fingerprint density at radius 2 is 1.79 bits per heavy atom. The second-order valence-electron chi connectivity index (χ2n) is 6.38. The third-order valence-electron chi connectivity index (χ3n) is 4.34. The minimum absolute atomic E-state index is 0.0308. The molecular formula is C19H18ClFN4O3S. The Balaban J connectivity index is 1.88. The van der Waals surface area contributed by atoms with E-state index < -0.39 is 21.7 Å². The number of aryl methyl sites for hydroxylation is 2. The summed E-state index contributed by atoms with van der Waals surface area (Å²) in [5, 5.41) is 7.13. The molecule has 2 aromatic carbocycles. The fourth-order valence-electron chi connectivity index (χ4n) is 2.70. The molecule has 1 amide bonds. The van der Waals surface area contributed by atoms with E-state index in [0.29, 0.717) is 11.4 Å². The van der Waals surface area contributed by atoms with Gasteiger partial charge in [-0.25, -0.2) is 12.8 Å². The van der Waals surface area contributed by atoms with Crippen LogP contribution >= 0.6 is 11.6 Å². The number of aromatic nitrogens is 2. The van der Waals surface area contributed by atoms with Crippen molar-refractivity contribution in [1.82, 2.24) is 9.78 Å². The lowest BCUT2D eigenvalue weighted by Gasteiger charge is -2.12. The first-order valence-corrected chi connectivity index (χ1v) is 10.3. The van der Waals surface area contributed by atoms with Crippen LogP contribution in [0, 0.1) is 19.7 Å². The van der Waals surface area contributed by atoms with Crippen LogP contribution in [0.2, 0.25) is 5.02 Å². The normalized spacial score (nSPS) is 11.3. The summed E-state index contributed by atoms with van der Waals surface area (Å²) in [7, 11) is -2.24. The molecular weight excluding hydrogens is 419 g/mol. The van der Waals surface area contributed by atoms with Gasteiger partial charge in [0.15, 0.2) is 0 Å². The number of nitrogens with zero attached hydrogens (tertiary/aromatic N) is 2. The van der Waals surface area contributed by atoms with Crippen LogP contribution in [0.25, 0.3) is 0 Å². The van der Waals surface area contributed by atoms with Gasteiger partial charge in [0.1, 0.15) is 5.82 Å². The van der Waals surface area contributed by atoms with E-state index in [4.69, 9.17) is 11.6 Å². The SMILES string of the molecule is Cc1nn(C)c(C)c1NC(=O)c1ccc(Cl)c(NS(=O)(=O)c2ccc(F)cc2)c1. The van der Waals surface area contributed by atoms with Crippen molar-refractivity contribution >= 4 is 38.9 Å². The van der Waals surface area contributed by atoms with Gasteiger partial charge >= 0.3 is 0 Å². The first kappa shape index (κ1) is 20.8. The Labute approximate surface area is 172 Å². The molecule has 7 nitrogen and oxygen atoms in total. The Bertz CT molecular complexity index is 1190. The van der Waals surface area contributed by atoms with Gasteiger partial charge in [-0.2, -0.15) is 5.10 Å². The molecule has 152 valence electrons. The van der Waals surface area contributed by atoms with E-state index >= 15 is 0 Å². The zero-order valence-electron chi connectivity index (χ0n) is 15.8. The average molecular weight is 437 g/mol. The Morgan fingerprint density at radius 1 is 1.14 bits per heavy atom. The van der Waals surface area contributed by atoms with E-state index in [9.17, 15) is 17.6 Å². The van der Waals surface area contributed by atoms with E-state index in [2.05, 4.69) is 15.1 Å². The number of halogens is 2. The molecule has 0 radical (unpaired) electrons. The molecule has 2 N–H and O–H groups in total.